The number of primary amides is 1. The molecule has 0 saturated heterocycles. The van der Waals surface area contributed by atoms with Gasteiger partial charge in [-0.3, -0.25) is 9.48 Å². The van der Waals surface area contributed by atoms with E-state index in [4.69, 9.17) is 5.73 Å². The lowest BCUT2D eigenvalue weighted by atomic mass is 10.1. The molecule has 0 spiro atoms. The number of aromatic nitrogens is 5. The lowest BCUT2D eigenvalue weighted by Gasteiger charge is -2.14. The first-order valence-corrected chi connectivity index (χ1v) is 10.4. The summed E-state index contributed by atoms with van der Waals surface area (Å²) in [5, 5.41) is 8.66. The van der Waals surface area contributed by atoms with Crippen molar-refractivity contribution in [1.82, 2.24) is 23.9 Å². The third-order valence-electron chi connectivity index (χ3n) is 5.48. The van der Waals surface area contributed by atoms with Crippen LogP contribution in [0.15, 0.2) is 73.6 Å². The summed E-state index contributed by atoms with van der Waals surface area (Å²) in [7, 11) is 1.89. The van der Waals surface area contributed by atoms with Gasteiger partial charge in [0, 0.05) is 48.7 Å². The van der Waals surface area contributed by atoms with Gasteiger partial charge in [0.2, 0.25) is 5.91 Å². The topological polar surface area (TPSA) is 95.7 Å². The maximum Gasteiger partial charge on any atom is 0.248 e. The van der Waals surface area contributed by atoms with Crippen LogP contribution in [0.4, 0.5) is 5.69 Å². The van der Waals surface area contributed by atoms with Crippen LogP contribution < -0.4 is 11.1 Å². The molecule has 0 aliphatic rings. The van der Waals surface area contributed by atoms with Gasteiger partial charge >= 0.3 is 0 Å². The van der Waals surface area contributed by atoms with Crippen LogP contribution in [0.3, 0.4) is 0 Å². The van der Waals surface area contributed by atoms with E-state index >= 15 is 0 Å². The molecule has 0 bridgehead atoms. The summed E-state index contributed by atoms with van der Waals surface area (Å²) in [5.74, 6) is -0.445. The minimum absolute atomic E-state index is 0.445. The fourth-order valence-electron chi connectivity index (χ4n) is 3.98. The molecule has 8 nitrogen and oxygen atoms in total. The van der Waals surface area contributed by atoms with Crippen molar-refractivity contribution in [1.29, 1.82) is 0 Å². The third kappa shape index (κ3) is 3.31. The summed E-state index contributed by atoms with van der Waals surface area (Å²) in [4.78, 5) is 16.2. The van der Waals surface area contributed by atoms with Gasteiger partial charge in [0.15, 0.2) is 0 Å². The molecule has 0 unspecified atom stereocenters. The lowest BCUT2D eigenvalue weighted by molar-refractivity contribution is 0.100. The number of imidazole rings is 1. The molecule has 3 aromatic heterocycles. The summed E-state index contributed by atoms with van der Waals surface area (Å²) in [6, 6.07) is 13.7. The number of anilines is 1. The van der Waals surface area contributed by atoms with E-state index in [0.29, 0.717) is 5.56 Å². The van der Waals surface area contributed by atoms with Gasteiger partial charge in [-0.25, -0.2) is 4.98 Å². The average molecular weight is 425 g/mol. The number of benzene rings is 2. The molecule has 0 radical (unpaired) electrons. The zero-order valence-electron chi connectivity index (χ0n) is 17.9. The third-order valence-corrected chi connectivity index (χ3v) is 5.48. The van der Waals surface area contributed by atoms with Gasteiger partial charge < -0.3 is 20.2 Å². The molecule has 3 heterocycles. The number of nitrogens with two attached hydrogens (primary N) is 1. The number of rotatable bonds is 6. The Morgan fingerprint density at radius 2 is 2.00 bits per heavy atom. The number of nitrogens with one attached hydrogen (secondary N) is 1. The molecule has 0 aliphatic heterocycles. The van der Waals surface area contributed by atoms with E-state index in [1.165, 1.54) is 0 Å². The molecular formula is C24H23N7O. The molecule has 2 aromatic carbocycles. The van der Waals surface area contributed by atoms with Gasteiger partial charge in [-0.15, -0.1) is 0 Å². The van der Waals surface area contributed by atoms with Crippen molar-refractivity contribution in [2.24, 2.45) is 12.8 Å². The second kappa shape index (κ2) is 7.73. The zero-order valence-corrected chi connectivity index (χ0v) is 17.9. The van der Waals surface area contributed by atoms with Crippen molar-refractivity contribution in [3.05, 3.63) is 79.1 Å². The molecule has 1 amide bonds. The number of fused-ring (bicyclic) bond motifs is 1. The Labute approximate surface area is 184 Å². The predicted octanol–water partition coefficient (Wildman–Crippen LogP) is 3.75. The summed E-state index contributed by atoms with van der Waals surface area (Å²) >= 11 is 0. The fraction of sp³-hybridized carbons (Fsp3) is 0.125. The molecule has 160 valence electrons. The average Bonchev–Trinajstić information content (AvgIpc) is 3.53. The molecule has 5 aromatic rings. The molecule has 0 aliphatic carbocycles. The second-order valence-corrected chi connectivity index (χ2v) is 7.59. The van der Waals surface area contributed by atoms with E-state index in [1.54, 1.807) is 16.8 Å². The number of hydrogen-bond acceptors (Lipinski definition) is 4. The van der Waals surface area contributed by atoms with Gasteiger partial charge in [-0.2, -0.15) is 5.10 Å². The Bertz CT molecular complexity index is 1440. The van der Waals surface area contributed by atoms with Crippen LogP contribution in [0.1, 0.15) is 17.3 Å². The molecule has 0 atom stereocenters. The highest BCUT2D eigenvalue weighted by atomic mass is 16.1. The first-order chi connectivity index (χ1) is 15.5. The van der Waals surface area contributed by atoms with Crippen LogP contribution >= 0.6 is 0 Å². The predicted molar refractivity (Wildman–Crippen MR) is 125 cm³/mol. The first kappa shape index (κ1) is 19.6. The number of amides is 1. The van der Waals surface area contributed by atoms with E-state index in [2.05, 4.69) is 38.2 Å². The van der Waals surface area contributed by atoms with E-state index in [9.17, 15) is 4.79 Å². The quantitative estimate of drug-likeness (QED) is 0.433. The molecule has 32 heavy (non-hydrogen) atoms. The van der Waals surface area contributed by atoms with Gasteiger partial charge in [-0.1, -0.05) is 6.07 Å². The Balaban J connectivity index is 1.60. The number of carbonyl (C=O) groups is 1. The maximum atomic E-state index is 11.6. The zero-order chi connectivity index (χ0) is 22.2. The number of carbonyl (C=O) groups excluding carboxylic acids is 1. The number of hydrogen-bond donors (Lipinski definition) is 2. The van der Waals surface area contributed by atoms with Crippen molar-refractivity contribution in [3.8, 4) is 22.6 Å². The maximum absolute atomic E-state index is 11.6. The van der Waals surface area contributed by atoms with E-state index in [-0.39, 0.29) is 0 Å². The SMILES string of the molecule is CCNc1cc(C(N)=O)ccc1-n1ccc2c(-n3cnc(-c4cnn(C)c4)c3)cccc21. The van der Waals surface area contributed by atoms with Crippen LogP contribution in [0.2, 0.25) is 0 Å². The normalized spacial score (nSPS) is 11.2. The minimum atomic E-state index is -0.445. The van der Waals surface area contributed by atoms with Crippen LogP contribution in [-0.4, -0.2) is 36.4 Å². The highest BCUT2D eigenvalue weighted by Crippen LogP contribution is 2.30. The summed E-state index contributed by atoms with van der Waals surface area (Å²) < 4.78 is 5.90. The van der Waals surface area contributed by atoms with Crippen molar-refractivity contribution in [2.75, 3.05) is 11.9 Å². The smallest absolute Gasteiger partial charge is 0.248 e. The minimum Gasteiger partial charge on any atom is -0.384 e. The van der Waals surface area contributed by atoms with Gasteiger partial charge in [0.1, 0.15) is 0 Å². The molecule has 0 fully saturated rings. The second-order valence-electron chi connectivity index (χ2n) is 7.59. The summed E-state index contributed by atoms with van der Waals surface area (Å²) in [6.07, 6.45) is 9.62. The Morgan fingerprint density at radius 1 is 1.12 bits per heavy atom. The van der Waals surface area contributed by atoms with E-state index in [1.807, 2.05) is 61.8 Å². The molecule has 3 N–H and O–H groups in total. The van der Waals surface area contributed by atoms with Crippen LogP contribution in [-0.2, 0) is 7.05 Å². The number of nitrogens with zero attached hydrogens (tertiary/aromatic N) is 5. The molecular weight excluding hydrogens is 402 g/mol. The highest BCUT2D eigenvalue weighted by Gasteiger charge is 2.14. The Hall–Kier alpha value is -4.33. The highest BCUT2D eigenvalue weighted by molar-refractivity contribution is 5.95. The van der Waals surface area contributed by atoms with Crippen molar-refractivity contribution < 1.29 is 4.79 Å². The van der Waals surface area contributed by atoms with Crippen LogP contribution in [0.5, 0.6) is 0 Å². The van der Waals surface area contributed by atoms with Gasteiger partial charge in [-0.05, 0) is 43.3 Å². The lowest BCUT2D eigenvalue weighted by Crippen LogP contribution is -2.12. The van der Waals surface area contributed by atoms with Crippen LogP contribution in [0, 0.1) is 0 Å². The van der Waals surface area contributed by atoms with Gasteiger partial charge in [0.05, 0.1) is 40.8 Å². The van der Waals surface area contributed by atoms with Crippen LogP contribution in [0.25, 0.3) is 33.5 Å². The standard InChI is InChI=1S/C24H23N7O/c1-3-26-19-11-16(24(25)32)7-8-23(19)31-10-9-18-21(5-4-6-22(18)31)30-14-20(27-15-30)17-12-28-29(2)13-17/h4-15,26H,3H2,1-2H3,(H2,25,32). The van der Waals surface area contributed by atoms with Crippen molar-refractivity contribution >= 4 is 22.5 Å². The summed E-state index contributed by atoms with van der Waals surface area (Å²) in [5.41, 5.74) is 11.7. The fourth-order valence-corrected chi connectivity index (χ4v) is 3.98. The molecule has 0 saturated carbocycles. The van der Waals surface area contributed by atoms with Crippen molar-refractivity contribution in [3.63, 3.8) is 0 Å². The monoisotopic (exact) mass is 425 g/mol. The first-order valence-electron chi connectivity index (χ1n) is 10.4. The molecule has 8 heteroatoms. The largest absolute Gasteiger partial charge is 0.384 e. The summed E-state index contributed by atoms with van der Waals surface area (Å²) in [6.45, 7) is 2.75. The molecule has 5 rings (SSSR count). The van der Waals surface area contributed by atoms with Gasteiger partial charge in [0.25, 0.3) is 0 Å². The number of aryl methyl sites for hydroxylation is 1. The Kier molecular flexibility index (Phi) is 4.74. The van der Waals surface area contributed by atoms with E-state index < -0.39 is 5.91 Å². The van der Waals surface area contributed by atoms with E-state index in [0.717, 1.165) is 45.8 Å². The van der Waals surface area contributed by atoms with Crippen molar-refractivity contribution in [2.45, 2.75) is 6.92 Å². The Morgan fingerprint density at radius 3 is 2.75 bits per heavy atom.